The molecule has 0 radical (unpaired) electrons. The van der Waals surface area contributed by atoms with E-state index in [1.54, 1.807) is 0 Å². The van der Waals surface area contributed by atoms with Crippen molar-refractivity contribution >= 4 is 0 Å². The summed E-state index contributed by atoms with van der Waals surface area (Å²) in [4.78, 5) is 3.96. The SMILES string of the molecule is CCNC(C)C(O)(CC)c1ccc(F)cn1. The van der Waals surface area contributed by atoms with Gasteiger partial charge in [0, 0.05) is 6.04 Å². The van der Waals surface area contributed by atoms with Gasteiger partial charge in [0.1, 0.15) is 11.4 Å². The first-order chi connectivity index (χ1) is 7.54. The van der Waals surface area contributed by atoms with Crippen molar-refractivity contribution < 1.29 is 9.50 Å². The summed E-state index contributed by atoms with van der Waals surface area (Å²) in [5, 5.41) is 13.7. The van der Waals surface area contributed by atoms with Crippen LogP contribution in [0.1, 0.15) is 32.9 Å². The average Bonchev–Trinajstić information content (AvgIpc) is 2.29. The highest BCUT2D eigenvalue weighted by atomic mass is 19.1. The lowest BCUT2D eigenvalue weighted by atomic mass is 9.88. The van der Waals surface area contributed by atoms with Crippen molar-refractivity contribution in [3.05, 3.63) is 29.8 Å². The van der Waals surface area contributed by atoms with Crippen molar-refractivity contribution in [2.75, 3.05) is 6.54 Å². The van der Waals surface area contributed by atoms with Crippen LogP contribution in [0.4, 0.5) is 4.39 Å². The van der Waals surface area contributed by atoms with Crippen molar-refractivity contribution in [3.8, 4) is 0 Å². The van der Waals surface area contributed by atoms with Crippen LogP contribution in [0.5, 0.6) is 0 Å². The maximum atomic E-state index is 12.8. The Morgan fingerprint density at radius 2 is 2.19 bits per heavy atom. The van der Waals surface area contributed by atoms with Gasteiger partial charge in [0.05, 0.1) is 11.9 Å². The summed E-state index contributed by atoms with van der Waals surface area (Å²) < 4.78 is 12.8. The summed E-state index contributed by atoms with van der Waals surface area (Å²) in [5.74, 6) is -0.390. The van der Waals surface area contributed by atoms with E-state index in [1.165, 1.54) is 12.1 Å². The third kappa shape index (κ3) is 2.57. The van der Waals surface area contributed by atoms with Crippen LogP contribution in [0.2, 0.25) is 0 Å². The number of halogens is 1. The lowest BCUT2D eigenvalue weighted by Crippen LogP contribution is -2.46. The number of hydrogen-bond donors (Lipinski definition) is 2. The average molecular weight is 226 g/mol. The molecule has 0 saturated heterocycles. The first-order valence-corrected chi connectivity index (χ1v) is 5.62. The standard InChI is InChI=1S/C12H19FN2O/c1-4-12(16,9(3)14-5-2)11-7-6-10(13)8-15-11/h6-9,14,16H,4-5H2,1-3H3. The third-order valence-corrected chi connectivity index (χ3v) is 2.94. The fraction of sp³-hybridized carbons (Fsp3) is 0.583. The first kappa shape index (κ1) is 13.1. The molecule has 0 saturated carbocycles. The zero-order valence-corrected chi connectivity index (χ0v) is 10.00. The second-order valence-electron chi connectivity index (χ2n) is 3.92. The molecule has 0 amide bonds. The van der Waals surface area contributed by atoms with Gasteiger partial charge in [-0.15, -0.1) is 0 Å². The quantitative estimate of drug-likeness (QED) is 0.805. The Labute approximate surface area is 95.7 Å². The Morgan fingerprint density at radius 3 is 2.62 bits per heavy atom. The molecule has 2 N–H and O–H groups in total. The van der Waals surface area contributed by atoms with E-state index in [4.69, 9.17) is 0 Å². The Kier molecular flexibility index (Phi) is 4.38. The molecule has 1 rings (SSSR count). The lowest BCUT2D eigenvalue weighted by Gasteiger charge is -2.33. The normalized spacial score (nSPS) is 16.8. The van der Waals surface area contributed by atoms with Crippen LogP contribution in [-0.4, -0.2) is 22.7 Å². The molecular weight excluding hydrogens is 207 g/mol. The third-order valence-electron chi connectivity index (χ3n) is 2.94. The van der Waals surface area contributed by atoms with Crippen LogP contribution in [-0.2, 0) is 5.60 Å². The smallest absolute Gasteiger partial charge is 0.141 e. The molecule has 90 valence electrons. The van der Waals surface area contributed by atoms with Gasteiger partial charge in [-0.05, 0) is 32.0 Å². The Balaban J connectivity index is 2.99. The molecule has 2 atom stereocenters. The molecule has 0 aromatic carbocycles. The maximum Gasteiger partial charge on any atom is 0.141 e. The summed E-state index contributed by atoms with van der Waals surface area (Å²) in [6.45, 7) is 6.53. The Morgan fingerprint density at radius 1 is 1.50 bits per heavy atom. The number of nitrogens with one attached hydrogen (secondary N) is 1. The molecule has 1 heterocycles. The topological polar surface area (TPSA) is 45.1 Å². The molecule has 0 fully saturated rings. The molecule has 0 aliphatic heterocycles. The highest BCUT2D eigenvalue weighted by Gasteiger charge is 2.34. The van der Waals surface area contributed by atoms with E-state index in [2.05, 4.69) is 10.3 Å². The number of hydrogen-bond acceptors (Lipinski definition) is 3. The molecular formula is C12H19FN2O. The van der Waals surface area contributed by atoms with Crippen LogP contribution < -0.4 is 5.32 Å². The highest BCUT2D eigenvalue weighted by molar-refractivity contribution is 5.16. The van der Waals surface area contributed by atoms with Crippen molar-refractivity contribution in [2.45, 2.75) is 38.8 Å². The highest BCUT2D eigenvalue weighted by Crippen LogP contribution is 2.27. The van der Waals surface area contributed by atoms with E-state index < -0.39 is 11.4 Å². The maximum absolute atomic E-state index is 12.8. The van der Waals surface area contributed by atoms with E-state index in [-0.39, 0.29) is 6.04 Å². The fourth-order valence-corrected chi connectivity index (χ4v) is 1.82. The van der Waals surface area contributed by atoms with E-state index in [0.29, 0.717) is 12.1 Å². The van der Waals surface area contributed by atoms with Gasteiger partial charge in [0.2, 0.25) is 0 Å². The zero-order chi connectivity index (χ0) is 12.2. The molecule has 0 aliphatic carbocycles. The number of aromatic nitrogens is 1. The van der Waals surface area contributed by atoms with Crippen LogP contribution in [0.25, 0.3) is 0 Å². The van der Waals surface area contributed by atoms with Crippen molar-refractivity contribution in [3.63, 3.8) is 0 Å². The van der Waals surface area contributed by atoms with Gasteiger partial charge in [-0.25, -0.2) is 4.39 Å². The Hall–Kier alpha value is -1.00. The minimum Gasteiger partial charge on any atom is -0.382 e. The van der Waals surface area contributed by atoms with E-state index >= 15 is 0 Å². The van der Waals surface area contributed by atoms with E-state index in [9.17, 15) is 9.50 Å². The fourth-order valence-electron chi connectivity index (χ4n) is 1.82. The molecule has 4 heteroatoms. The van der Waals surface area contributed by atoms with Gasteiger partial charge in [-0.3, -0.25) is 4.98 Å². The molecule has 1 aromatic heterocycles. The minimum absolute atomic E-state index is 0.125. The van der Waals surface area contributed by atoms with Crippen LogP contribution in [0, 0.1) is 5.82 Å². The van der Waals surface area contributed by atoms with Crippen LogP contribution in [0.15, 0.2) is 18.3 Å². The monoisotopic (exact) mass is 226 g/mol. The second kappa shape index (κ2) is 5.37. The van der Waals surface area contributed by atoms with Crippen molar-refractivity contribution in [1.82, 2.24) is 10.3 Å². The molecule has 1 aromatic rings. The molecule has 0 spiro atoms. The largest absolute Gasteiger partial charge is 0.382 e. The molecule has 2 unspecified atom stereocenters. The lowest BCUT2D eigenvalue weighted by molar-refractivity contribution is -0.00491. The number of likely N-dealkylation sites (N-methyl/N-ethyl adjacent to an activating group) is 1. The number of nitrogens with zero attached hydrogens (tertiary/aromatic N) is 1. The van der Waals surface area contributed by atoms with Crippen molar-refractivity contribution in [1.29, 1.82) is 0 Å². The number of pyridine rings is 1. The zero-order valence-electron chi connectivity index (χ0n) is 10.00. The van der Waals surface area contributed by atoms with Gasteiger partial charge in [0.25, 0.3) is 0 Å². The van der Waals surface area contributed by atoms with Gasteiger partial charge in [-0.2, -0.15) is 0 Å². The Bertz CT molecular complexity index is 328. The van der Waals surface area contributed by atoms with Gasteiger partial charge >= 0.3 is 0 Å². The summed E-state index contributed by atoms with van der Waals surface area (Å²) in [6, 6.07) is 2.73. The summed E-state index contributed by atoms with van der Waals surface area (Å²) in [7, 11) is 0. The van der Waals surface area contributed by atoms with Crippen molar-refractivity contribution in [2.24, 2.45) is 0 Å². The predicted molar refractivity (Wildman–Crippen MR) is 61.5 cm³/mol. The molecule has 0 aliphatic rings. The van der Waals surface area contributed by atoms with Crippen LogP contribution >= 0.6 is 0 Å². The minimum atomic E-state index is -1.05. The first-order valence-electron chi connectivity index (χ1n) is 5.62. The van der Waals surface area contributed by atoms with Gasteiger partial charge < -0.3 is 10.4 Å². The molecule has 3 nitrogen and oxygen atoms in total. The van der Waals surface area contributed by atoms with Gasteiger partial charge in [0.15, 0.2) is 0 Å². The van der Waals surface area contributed by atoms with E-state index in [1.807, 2.05) is 20.8 Å². The predicted octanol–water partition coefficient (Wildman–Crippen LogP) is 1.82. The summed E-state index contributed by atoms with van der Waals surface area (Å²) in [5.41, 5.74) is -0.547. The number of aliphatic hydroxyl groups is 1. The molecule has 0 bridgehead atoms. The summed E-state index contributed by atoms with van der Waals surface area (Å²) in [6.07, 6.45) is 1.66. The molecule has 16 heavy (non-hydrogen) atoms. The van der Waals surface area contributed by atoms with Gasteiger partial charge in [-0.1, -0.05) is 13.8 Å². The number of rotatable bonds is 5. The second-order valence-corrected chi connectivity index (χ2v) is 3.92. The summed E-state index contributed by atoms with van der Waals surface area (Å²) >= 11 is 0. The van der Waals surface area contributed by atoms with E-state index in [0.717, 1.165) is 12.7 Å². The van der Waals surface area contributed by atoms with Crippen LogP contribution in [0.3, 0.4) is 0 Å².